The van der Waals surface area contributed by atoms with E-state index in [1.807, 2.05) is 36.4 Å². The summed E-state index contributed by atoms with van der Waals surface area (Å²) in [5, 5.41) is 1.20. The van der Waals surface area contributed by atoms with Crippen LogP contribution in [0.2, 0.25) is 0 Å². The van der Waals surface area contributed by atoms with E-state index >= 15 is 0 Å². The monoisotopic (exact) mass is 718 g/mol. The van der Waals surface area contributed by atoms with E-state index in [1.165, 1.54) is 33.2 Å². The Kier molecular flexibility index (Phi) is 7.56. The molecular formula is C51H34N4O. The number of fused-ring (bicyclic) bond motifs is 7. The number of nitrogens with zero attached hydrogens (tertiary/aromatic N) is 4. The zero-order valence-electron chi connectivity index (χ0n) is 30.3. The molecule has 0 amide bonds. The first kappa shape index (κ1) is 32.1. The third kappa shape index (κ3) is 5.44. The number of benzene rings is 7. The number of rotatable bonds is 6. The summed E-state index contributed by atoms with van der Waals surface area (Å²) in [6, 6.07) is 63.4. The van der Waals surface area contributed by atoms with Crippen LogP contribution in [-0.2, 0) is 0 Å². The summed E-state index contributed by atoms with van der Waals surface area (Å²) in [5.41, 5.74) is 13.3. The SMILES string of the molecule is C1=CC2c3cc(-c4nc(-c5ccccc5)nc(-c5ccc(-c6ccccc6)cc5)n4)ccc3OC2c2c1n(-c1ccc(-c3ccccc3)cc1)c1ccccc21. The summed E-state index contributed by atoms with van der Waals surface area (Å²) < 4.78 is 9.25. The lowest BCUT2D eigenvalue weighted by Gasteiger charge is -2.22. The van der Waals surface area contributed by atoms with E-state index < -0.39 is 0 Å². The normalized spacial score (nSPS) is 15.2. The van der Waals surface area contributed by atoms with Crippen LogP contribution in [-0.4, -0.2) is 19.5 Å². The van der Waals surface area contributed by atoms with Crippen molar-refractivity contribution in [2.24, 2.45) is 0 Å². The van der Waals surface area contributed by atoms with E-state index in [-0.39, 0.29) is 12.0 Å². The van der Waals surface area contributed by atoms with Crippen molar-refractivity contribution in [2.45, 2.75) is 12.0 Å². The fourth-order valence-electron chi connectivity index (χ4n) is 8.32. The molecule has 11 rings (SSSR count). The standard InChI is InChI=1S/C51H34N4O/c1-4-12-33(13-5-1)35-20-22-38(23-21-35)50-52-49(37-16-8-3-9-17-37)53-51(54-50)39-26-31-46-43(32-39)41-29-30-45-47(48(41)56-46)42-18-10-11-19-44(42)55(45)40-27-24-36(25-28-40)34-14-6-2-7-15-34/h1-32,41,48H. The van der Waals surface area contributed by atoms with Crippen LogP contribution in [0, 0.1) is 0 Å². The lowest BCUT2D eigenvalue weighted by atomic mass is 9.85. The van der Waals surface area contributed by atoms with Gasteiger partial charge in [-0.2, -0.15) is 0 Å². The summed E-state index contributed by atoms with van der Waals surface area (Å²) in [5.74, 6) is 2.83. The second-order valence-corrected chi connectivity index (χ2v) is 14.4. The topological polar surface area (TPSA) is 52.8 Å². The van der Waals surface area contributed by atoms with Crippen molar-refractivity contribution in [2.75, 3.05) is 0 Å². The van der Waals surface area contributed by atoms with Gasteiger partial charge in [0.25, 0.3) is 0 Å². The zero-order chi connectivity index (χ0) is 37.0. The number of hydrogen-bond donors (Lipinski definition) is 0. The zero-order valence-corrected chi connectivity index (χ0v) is 30.3. The molecule has 0 saturated carbocycles. The molecule has 56 heavy (non-hydrogen) atoms. The van der Waals surface area contributed by atoms with Crippen LogP contribution in [0.3, 0.4) is 0 Å². The maximum absolute atomic E-state index is 6.88. The number of ether oxygens (including phenoxy) is 1. The Hall–Kier alpha value is -7.37. The van der Waals surface area contributed by atoms with Gasteiger partial charge in [-0.25, -0.2) is 15.0 Å². The minimum Gasteiger partial charge on any atom is -0.484 e. The minimum atomic E-state index is -0.160. The molecule has 2 aliphatic rings. The van der Waals surface area contributed by atoms with Crippen LogP contribution in [0.1, 0.15) is 28.8 Å². The van der Waals surface area contributed by atoms with Gasteiger partial charge in [-0.15, -0.1) is 0 Å². The van der Waals surface area contributed by atoms with Crippen LogP contribution in [0.5, 0.6) is 5.75 Å². The quantitative estimate of drug-likeness (QED) is 0.172. The minimum absolute atomic E-state index is 0.0394. The maximum atomic E-state index is 6.88. The van der Waals surface area contributed by atoms with Gasteiger partial charge in [0.15, 0.2) is 17.5 Å². The number of para-hydroxylation sites is 1. The summed E-state index contributed by atoms with van der Waals surface area (Å²) in [6.45, 7) is 0. The summed E-state index contributed by atoms with van der Waals surface area (Å²) in [6.07, 6.45) is 4.42. The van der Waals surface area contributed by atoms with Gasteiger partial charge in [-0.3, -0.25) is 0 Å². The van der Waals surface area contributed by atoms with Gasteiger partial charge in [0.2, 0.25) is 0 Å². The van der Waals surface area contributed by atoms with E-state index in [0.29, 0.717) is 17.5 Å². The lowest BCUT2D eigenvalue weighted by Crippen LogP contribution is -2.13. The molecule has 9 aromatic rings. The average molecular weight is 719 g/mol. The van der Waals surface area contributed by atoms with Crippen molar-refractivity contribution in [3.63, 3.8) is 0 Å². The van der Waals surface area contributed by atoms with Crippen molar-refractivity contribution in [1.29, 1.82) is 0 Å². The Bertz CT molecular complexity index is 2920. The molecule has 7 aromatic carbocycles. The third-order valence-corrected chi connectivity index (χ3v) is 11.1. The molecule has 1 aliphatic carbocycles. The largest absolute Gasteiger partial charge is 0.484 e. The van der Waals surface area contributed by atoms with Crippen molar-refractivity contribution in [3.05, 3.63) is 205 Å². The van der Waals surface area contributed by atoms with Crippen molar-refractivity contribution < 1.29 is 4.74 Å². The Morgan fingerprint density at radius 1 is 0.446 bits per heavy atom. The lowest BCUT2D eigenvalue weighted by molar-refractivity contribution is 0.224. The first-order chi connectivity index (χ1) is 27.7. The average Bonchev–Trinajstić information content (AvgIpc) is 3.83. The molecule has 0 saturated heterocycles. The molecule has 2 aromatic heterocycles. The van der Waals surface area contributed by atoms with E-state index in [2.05, 4.69) is 162 Å². The molecule has 0 fully saturated rings. The van der Waals surface area contributed by atoms with Gasteiger partial charge in [0, 0.05) is 44.8 Å². The Labute approximate surface area is 324 Å². The second-order valence-electron chi connectivity index (χ2n) is 14.4. The molecule has 1 aliphatic heterocycles. The summed E-state index contributed by atoms with van der Waals surface area (Å²) >= 11 is 0. The van der Waals surface area contributed by atoms with Crippen LogP contribution in [0.15, 0.2) is 188 Å². The molecule has 0 spiro atoms. The molecule has 2 unspecified atom stereocenters. The molecule has 5 heteroatoms. The van der Waals surface area contributed by atoms with Crippen LogP contribution in [0.25, 0.3) is 79.1 Å². The Morgan fingerprint density at radius 2 is 0.929 bits per heavy atom. The molecule has 0 N–H and O–H groups in total. The van der Waals surface area contributed by atoms with Gasteiger partial charge in [0.1, 0.15) is 11.9 Å². The molecule has 0 bridgehead atoms. The fourth-order valence-corrected chi connectivity index (χ4v) is 8.32. The highest BCUT2D eigenvalue weighted by molar-refractivity contribution is 5.92. The first-order valence-electron chi connectivity index (χ1n) is 19.0. The van der Waals surface area contributed by atoms with Crippen molar-refractivity contribution in [3.8, 4) is 67.9 Å². The number of hydrogen-bond acceptors (Lipinski definition) is 4. The van der Waals surface area contributed by atoms with E-state index in [1.54, 1.807) is 0 Å². The van der Waals surface area contributed by atoms with E-state index in [0.717, 1.165) is 44.9 Å². The first-order valence-corrected chi connectivity index (χ1v) is 19.0. The van der Waals surface area contributed by atoms with Crippen LogP contribution in [0.4, 0.5) is 0 Å². The predicted molar refractivity (Wildman–Crippen MR) is 225 cm³/mol. The van der Waals surface area contributed by atoms with Gasteiger partial charge in [0.05, 0.1) is 11.2 Å². The van der Waals surface area contributed by atoms with Gasteiger partial charge in [-0.1, -0.05) is 152 Å². The summed E-state index contributed by atoms with van der Waals surface area (Å²) in [7, 11) is 0. The van der Waals surface area contributed by atoms with Crippen LogP contribution < -0.4 is 4.74 Å². The molecule has 0 radical (unpaired) electrons. The molecule has 3 heterocycles. The predicted octanol–water partition coefficient (Wildman–Crippen LogP) is 12.4. The fraction of sp³-hybridized carbons (Fsp3) is 0.0392. The van der Waals surface area contributed by atoms with Gasteiger partial charge in [-0.05, 0) is 64.7 Å². The number of aromatic nitrogens is 4. The maximum Gasteiger partial charge on any atom is 0.164 e. The van der Waals surface area contributed by atoms with Crippen molar-refractivity contribution >= 4 is 17.0 Å². The highest BCUT2D eigenvalue weighted by atomic mass is 16.5. The second kappa shape index (κ2) is 13.2. The Morgan fingerprint density at radius 3 is 1.57 bits per heavy atom. The third-order valence-electron chi connectivity index (χ3n) is 11.1. The van der Waals surface area contributed by atoms with E-state index in [4.69, 9.17) is 19.7 Å². The molecular weight excluding hydrogens is 685 g/mol. The summed E-state index contributed by atoms with van der Waals surface area (Å²) in [4.78, 5) is 15.1. The smallest absolute Gasteiger partial charge is 0.164 e. The molecule has 5 nitrogen and oxygen atoms in total. The molecule has 264 valence electrons. The molecule has 2 atom stereocenters. The highest BCUT2D eigenvalue weighted by Crippen LogP contribution is 2.53. The van der Waals surface area contributed by atoms with Crippen molar-refractivity contribution in [1.82, 2.24) is 19.5 Å². The highest BCUT2D eigenvalue weighted by Gasteiger charge is 2.40. The van der Waals surface area contributed by atoms with Gasteiger partial charge < -0.3 is 9.30 Å². The Balaban J connectivity index is 0.973. The van der Waals surface area contributed by atoms with Gasteiger partial charge >= 0.3 is 0 Å². The van der Waals surface area contributed by atoms with Crippen LogP contribution >= 0.6 is 0 Å². The van der Waals surface area contributed by atoms with E-state index in [9.17, 15) is 0 Å².